The molecule has 1 aliphatic heterocycles. The summed E-state index contributed by atoms with van der Waals surface area (Å²) in [6.45, 7) is 3.31. The Morgan fingerprint density at radius 2 is 2.12 bits per heavy atom. The number of rotatable bonds is 4. The topological polar surface area (TPSA) is 54.2 Å². The lowest BCUT2D eigenvalue weighted by atomic mass is 10.0. The molecule has 3 aromatic heterocycles. The minimum absolute atomic E-state index is 0.235. The monoisotopic (exact) mass is 351 g/mol. The molecule has 0 amide bonds. The van der Waals surface area contributed by atoms with E-state index in [0.29, 0.717) is 24.3 Å². The number of imidazole rings is 1. The van der Waals surface area contributed by atoms with Crippen molar-refractivity contribution >= 4 is 11.5 Å². The average Bonchev–Trinajstić information content (AvgIpc) is 3.08. The van der Waals surface area contributed by atoms with Crippen LogP contribution in [0.25, 0.3) is 17.0 Å². The summed E-state index contributed by atoms with van der Waals surface area (Å²) in [5.74, 6) is 0.694. The van der Waals surface area contributed by atoms with Crippen molar-refractivity contribution in [3.8, 4) is 11.4 Å². The highest BCUT2D eigenvalue weighted by Gasteiger charge is 2.39. The standard InChI is InChI=1S/C20H22FN5/c1-20(7-8-20)13-5-6-19-23-11-17(26(19)12-13)15-3-2-4-18(24-15)25-16-10-22-9-14(16)21/h2-6,11-12,14,16,22H,7-10H2,1H3,(H,24,25). The lowest BCUT2D eigenvalue weighted by Crippen LogP contribution is -2.29. The van der Waals surface area contributed by atoms with Crippen LogP contribution in [0.2, 0.25) is 0 Å². The first-order chi connectivity index (χ1) is 12.6. The third-order valence-corrected chi connectivity index (χ3v) is 5.69. The second kappa shape index (κ2) is 5.77. The first-order valence-corrected chi connectivity index (χ1v) is 9.19. The minimum atomic E-state index is -0.891. The van der Waals surface area contributed by atoms with E-state index in [-0.39, 0.29) is 6.04 Å². The molecule has 26 heavy (non-hydrogen) atoms. The van der Waals surface area contributed by atoms with Gasteiger partial charge < -0.3 is 10.6 Å². The van der Waals surface area contributed by atoms with Crippen LogP contribution in [-0.2, 0) is 5.41 Å². The van der Waals surface area contributed by atoms with Gasteiger partial charge in [0.05, 0.1) is 23.6 Å². The van der Waals surface area contributed by atoms with Crippen molar-refractivity contribution in [3.63, 3.8) is 0 Å². The van der Waals surface area contributed by atoms with Gasteiger partial charge in [0.25, 0.3) is 0 Å². The lowest BCUT2D eigenvalue weighted by molar-refractivity contribution is 0.342. The van der Waals surface area contributed by atoms with Gasteiger partial charge in [-0.2, -0.15) is 0 Å². The maximum absolute atomic E-state index is 13.9. The van der Waals surface area contributed by atoms with Gasteiger partial charge in [0.2, 0.25) is 0 Å². The van der Waals surface area contributed by atoms with Crippen LogP contribution in [0.5, 0.6) is 0 Å². The Kier molecular flexibility index (Phi) is 3.50. The number of nitrogens with one attached hydrogen (secondary N) is 2. The van der Waals surface area contributed by atoms with E-state index in [0.717, 1.165) is 17.0 Å². The molecule has 2 unspecified atom stereocenters. The van der Waals surface area contributed by atoms with E-state index in [4.69, 9.17) is 4.98 Å². The molecular formula is C20H22FN5. The van der Waals surface area contributed by atoms with Gasteiger partial charge in [-0.15, -0.1) is 0 Å². The molecular weight excluding hydrogens is 329 g/mol. The largest absolute Gasteiger partial charge is 0.363 e. The van der Waals surface area contributed by atoms with Crippen LogP contribution in [0.1, 0.15) is 25.3 Å². The zero-order chi connectivity index (χ0) is 17.7. The van der Waals surface area contributed by atoms with Gasteiger partial charge in [0.15, 0.2) is 0 Å². The number of alkyl halides is 1. The Hall–Kier alpha value is -2.47. The Bertz CT molecular complexity index is 962. The molecule has 0 spiro atoms. The van der Waals surface area contributed by atoms with Crippen LogP contribution in [-0.4, -0.2) is 39.7 Å². The number of hydrogen-bond acceptors (Lipinski definition) is 4. The number of hydrogen-bond donors (Lipinski definition) is 2. The van der Waals surface area contributed by atoms with Crippen molar-refractivity contribution in [1.29, 1.82) is 0 Å². The number of halogens is 1. The quantitative estimate of drug-likeness (QED) is 0.758. The van der Waals surface area contributed by atoms with Crippen LogP contribution in [0.3, 0.4) is 0 Å². The molecule has 134 valence electrons. The lowest BCUT2D eigenvalue weighted by Gasteiger charge is -2.15. The van der Waals surface area contributed by atoms with Crippen LogP contribution in [0.4, 0.5) is 10.2 Å². The van der Waals surface area contributed by atoms with Gasteiger partial charge in [-0.25, -0.2) is 14.4 Å². The summed E-state index contributed by atoms with van der Waals surface area (Å²) in [5.41, 5.74) is 4.35. The van der Waals surface area contributed by atoms with Crippen molar-refractivity contribution in [2.24, 2.45) is 0 Å². The van der Waals surface area contributed by atoms with Crippen molar-refractivity contribution in [2.75, 3.05) is 18.4 Å². The second-order valence-electron chi connectivity index (χ2n) is 7.68. The van der Waals surface area contributed by atoms with E-state index in [1.54, 1.807) is 0 Å². The molecule has 0 radical (unpaired) electrons. The molecule has 1 saturated heterocycles. The normalized spacial score (nSPS) is 24.1. The fourth-order valence-electron chi connectivity index (χ4n) is 3.64. The number of nitrogens with zero attached hydrogens (tertiary/aromatic N) is 3. The summed E-state index contributed by atoms with van der Waals surface area (Å²) in [6, 6.07) is 9.82. The number of pyridine rings is 2. The molecule has 2 fully saturated rings. The van der Waals surface area contributed by atoms with Gasteiger partial charge in [-0.05, 0) is 42.0 Å². The summed E-state index contributed by atoms with van der Waals surface area (Å²) in [5, 5.41) is 6.26. The molecule has 2 atom stereocenters. The summed E-state index contributed by atoms with van der Waals surface area (Å²) < 4.78 is 16.0. The van der Waals surface area contributed by atoms with Gasteiger partial charge in [0, 0.05) is 19.3 Å². The van der Waals surface area contributed by atoms with Crippen LogP contribution in [0, 0.1) is 0 Å². The maximum Gasteiger partial charge on any atom is 0.137 e. The molecule has 0 bridgehead atoms. The average molecular weight is 351 g/mol. The molecule has 2 aliphatic rings. The van der Waals surface area contributed by atoms with E-state index in [2.05, 4.69) is 45.3 Å². The van der Waals surface area contributed by atoms with Gasteiger partial charge in [-0.1, -0.05) is 19.1 Å². The fraction of sp³-hybridized carbons (Fsp3) is 0.400. The zero-order valence-electron chi connectivity index (χ0n) is 14.7. The van der Waals surface area contributed by atoms with E-state index in [9.17, 15) is 4.39 Å². The summed E-state index contributed by atoms with van der Waals surface area (Å²) in [4.78, 5) is 9.22. The maximum atomic E-state index is 13.9. The summed E-state index contributed by atoms with van der Waals surface area (Å²) in [6.07, 6.45) is 5.62. The SMILES string of the molecule is CC1(c2ccc3ncc(-c4cccc(NC5CNCC5F)n4)n3c2)CC1. The molecule has 0 aromatic carbocycles. The Labute approximate surface area is 151 Å². The van der Waals surface area contributed by atoms with Crippen LogP contribution >= 0.6 is 0 Å². The third-order valence-electron chi connectivity index (χ3n) is 5.69. The molecule has 2 N–H and O–H groups in total. The van der Waals surface area contributed by atoms with E-state index < -0.39 is 6.17 Å². The highest BCUT2D eigenvalue weighted by molar-refractivity contribution is 5.62. The first-order valence-electron chi connectivity index (χ1n) is 9.19. The van der Waals surface area contributed by atoms with Crippen LogP contribution < -0.4 is 10.6 Å². The smallest absolute Gasteiger partial charge is 0.137 e. The highest BCUT2D eigenvalue weighted by Crippen LogP contribution is 2.47. The fourth-order valence-corrected chi connectivity index (χ4v) is 3.64. The predicted octanol–water partition coefficient (Wildman–Crippen LogP) is 3.17. The molecule has 4 heterocycles. The van der Waals surface area contributed by atoms with Gasteiger partial charge in [-0.3, -0.25) is 4.40 Å². The third kappa shape index (κ3) is 2.65. The summed E-state index contributed by atoms with van der Waals surface area (Å²) >= 11 is 0. The highest BCUT2D eigenvalue weighted by atomic mass is 19.1. The minimum Gasteiger partial charge on any atom is -0.363 e. The number of aromatic nitrogens is 3. The molecule has 5 nitrogen and oxygen atoms in total. The Morgan fingerprint density at radius 3 is 2.88 bits per heavy atom. The van der Waals surface area contributed by atoms with Crippen molar-refractivity contribution in [1.82, 2.24) is 19.7 Å². The first kappa shape index (κ1) is 15.8. The molecule has 5 rings (SSSR count). The Morgan fingerprint density at radius 1 is 1.23 bits per heavy atom. The predicted molar refractivity (Wildman–Crippen MR) is 100 cm³/mol. The van der Waals surface area contributed by atoms with Gasteiger partial charge >= 0.3 is 0 Å². The number of anilines is 1. The van der Waals surface area contributed by atoms with Gasteiger partial charge in [0.1, 0.15) is 17.6 Å². The van der Waals surface area contributed by atoms with Crippen molar-refractivity contribution in [2.45, 2.75) is 37.4 Å². The van der Waals surface area contributed by atoms with E-state index in [1.165, 1.54) is 18.4 Å². The van der Waals surface area contributed by atoms with E-state index in [1.807, 2.05) is 24.4 Å². The Balaban J connectivity index is 1.50. The second-order valence-corrected chi connectivity index (χ2v) is 7.68. The van der Waals surface area contributed by atoms with Crippen molar-refractivity contribution < 1.29 is 4.39 Å². The molecule has 3 aromatic rings. The molecule has 1 saturated carbocycles. The zero-order valence-corrected chi connectivity index (χ0v) is 14.7. The van der Waals surface area contributed by atoms with E-state index >= 15 is 0 Å². The van der Waals surface area contributed by atoms with Crippen LogP contribution in [0.15, 0.2) is 42.7 Å². The van der Waals surface area contributed by atoms with Crippen molar-refractivity contribution in [3.05, 3.63) is 48.3 Å². The summed E-state index contributed by atoms with van der Waals surface area (Å²) in [7, 11) is 0. The number of fused-ring (bicyclic) bond motifs is 1. The molecule has 1 aliphatic carbocycles. The molecule has 6 heteroatoms.